The normalized spacial score (nSPS) is 26.6. The summed E-state index contributed by atoms with van der Waals surface area (Å²) in [6.07, 6.45) is -0.351. The number of carbonyl (C=O) groups excluding carboxylic acids is 11. The van der Waals surface area contributed by atoms with Crippen LogP contribution >= 0.6 is 0 Å². The minimum absolute atomic E-state index is 0.0488. The Kier molecular flexibility index (Phi) is 34.7. The molecule has 1 saturated heterocycles. The summed E-state index contributed by atoms with van der Waals surface area (Å²) in [5.74, 6) is -11.1. The molecular weight excluding hydrogens is 1220 g/mol. The van der Waals surface area contributed by atoms with Crippen LogP contribution in [-0.4, -0.2) is 245 Å². The summed E-state index contributed by atoms with van der Waals surface area (Å²) in [4.78, 5) is 170. The number of aliphatic hydroxyl groups excluding tert-OH is 2. The highest BCUT2D eigenvalue weighted by Gasteiger charge is 2.47. The van der Waals surface area contributed by atoms with Crippen LogP contribution in [0.15, 0.2) is 42.5 Å². The van der Waals surface area contributed by atoms with Crippen LogP contribution < -0.4 is 26.6 Å². The summed E-state index contributed by atoms with van der Waals surface area (Å²) in [7, 11) is 9.33. The van der Waals surface area contributed by atoms with E-state index in [1.807, 2.05) is 55.4 Å². The first-order valence-corrected chi connectivity index (χ1v) is 33.4. The molecule has 0 aromatic heterocycles. The average Bonchev–Trinajstić information content (AvgIpc) is 0.821. The van der Waals surface area contributed by atoms with Crippen LogP contribution in [0.3, 0.4) is 0 Å². The van der Waals surface area contributed by atoms with E-state index in [0.717, 1.165) is 14.7 Å². The molecule has 95 heavy (non-hydrogen) atoms. The van der Waals surface area contributed by atoms with Crippen molar-refractivity contribution in [1.29, 1.82) is 0 Å². The van der Waals surface area contributed by atoms with Gasteiger partial charge in [0.15, 0.2) is 0 Å². The summed E-state index contributed by atoms with van der Waals surface area (Å²) in [5.41, 5.74) is 0.703. The van der Waals surface area contributed by atoms with E-state index in [0.29, 0.717) is 5.56 Å². The number of hydrogen-bond donors (Lipinski definition) is 7. The maximum Gasteiger partial charge on any atom is 0.248 e. The molecule has 1 aromatic carbocycles. The largest absolute Gasteiger partial charge is 0.391 e. The number of carbonyl (C=O) groups is 11. The van der Waals surface area contributed by atoms with Gasteiger partial charge in [0.2, 0.25) is 65.0 Å². The molecule has 15 atom stereocenters. The third kappa shape index (κ3) is 24.2. The molecule has 0 spiro atoms. The molecule has 1 aromatic rings. The molecule has 26 nitrogen and oxygen atoms in total. The fourth-order valence-corrected chi connectivity index (χ4v) is 11.7. The van der Waals surface area contributed by atoms with Crippen LogP contribution in [0.1, 0.15) is 148 Å². The number of aliphatic hydroxyl groups is 2. The Morgan fingerprint density at radius 1 is 0.474 bits per heavy atom. The molecule has 26 heteroatoms. The van der Waals surface area contributed by atoms with Gasteiger partial charge in [-0.15, -0.1) is 0 Å². The van der Waals surface area contributed by atoms with Gasteiger partial charge in [-0.2, -0.15) is 0 Å². The van der Waals surface area contributed by atoms with E-state index < -0.39 is 168 Å². The molecule has 0 bridgehead atoms. The zero-order valence-electron chi connectivity index (χ0n) is 60.9. The highest BCUT2D eigenvalue weighted by atomic mass is 16.5. The van der Waals surface area contributed by atoms with Crippen LogP contribution in [0.25, 0.3) is 0 Å². The molecule has 0 saturated carbocycles. The first kappa shape index (κ1) is 84.1. The van der Waals surface area contributed by atoms with Crippen molar-refractivity contribution in [3.05, 3.63) is 48.0 Å². The molecule has 0 radical (unpaired) electrons. The average molecular weight is 1340 g/mol. The Morgan fingerprint density at radius 3 is 1.38 bits per heavy atom. The molecule has 7 N–H and O–H groups in total. The van der Waals surface area contributed by atoms with Gasteiger partial charge in [-0.25, -0.2) is 0 Å². The molecule has 1 unspecified atom stereocenters. The Morgan fingerprint density at radius 2 is 0.905 bits per heavy atom. The molecule has 538 valence electrons. The Labute approximate surface area is 565 Å². The molecule has 1 fully saturated rings. The molecule has 11 amide bonds. The number of amides is 11. The predicted octanol–water partition coefficient (Wildman–Crippen LogP) is 2.86. The Balaban J connectivity index is 3.14. The monoisotopic (exact) mass is 1340 g/mol. The van der Waals surface area contributed by atoms with Crippen LogP contribution in [0.5, 0.6) is 0 Å². The van der Waals surface area contributed by atoms with Crippen molar-refractivity contribution in [1.82, 2.24) is 56.0 Å². The maximum atomic E-state index is 15.3. The number of likely N-dealkylation sites (N-methyl/N-ethyl adjacent to an activating group) is 6. The van der Waals surface area contributed by atoms with Gasteiger partial charge in [-0.1, -0.05) is 119 Å². The van der Waals surface area contributed by atoms with Gasteiger partial charge in [0.1, 0.15) is 66.5 Å². The smallest absolute Gasteiger partial charge is 0.248 e. The third-order valence-electron chi connectivity index (χ3n) is 17.5. The van der Waals surface area contributed by atoms with E-state index in [2.05, 4.69) is 26.6 Å². The van der Waals surface area contributed by atoms with Gasteiger partial charge >= 0.3 is 0 Å². The Hall–Kier alpha value is -7.03. The summed E-state index contributed by atoms with van der Waals surface area (Å²) in [6.45, 7) is 26.5. The lowest BCUT2D eigenvalue weighted by molar-refractivity contribution is -0.157. The molecule has 1 aliphatic rings. The number of methoxy groups -OCH3 is 1. The summed E-state index contributed by atoms with van der Waals surface area (Å²) >= 11 is 0. The summed E-state index contributed by atoms with van der Waals surface area (Å²) in [5, 5.41) is 37.5. The second-order valence-electron chi connectivity index (χ2n) is 27.9. The number of benzene rings is 1. The number of allylic oxidation sites excluding steroid dienone is 2. The second-order valence-corrected chi connectivity index (χ2v) is 27.9. The number of hydrogen-bond acceptors (Lipinski definition) is 15. The van der Waals surface area contributed by atoms with E-state index in [9.17, 15) is 39.0 Å². The van der Waals surface area contributed by atoms with Crippen molar-refractivity contribution in [2.75, 3.05) is 56.0 Å². The maximum absolute atomic E-state index is 15.3. The molecule has 2 rings (SSSR count). The fraction of sp³-hybridized carbons (Fsp3) is 0.725. The van der Waals surface area contributed by atoms with Crippen molar-refractivity contribution in [2.24, 2.45) is 35.5 Å². The highest BCUT2D eigenvalue weighted by Crippen LogP contribution is 2.25. The van der Waals surface area contributed by atoms with Gasteiger partial charge in [0.25, 0.3) is 0 Å². The van der Waals surface area contributed by atoms with E-state index >= 15 is 24.0 Å². The van der Waals surface area contributed by atoms with Crippen LogP contribution in [-0.2, 0) is 68.8 Å². The van der Waals surface area contributed by atoms with Gasteiger partial charge in [0.05, 0.1) is 31.5 Å². The lowest BCUT2D eigenvalue weighted by Gasteiger charge is -2.40. The van der Waals surface area contributed by atoms with Crippen molar-refractivity contribution in [2.45, 2.75) is 234 Å². The topological polar surface area (TPSA) is 326 Å². The van der Waals surface area contributed by atoms with Crippen molar-refractivity contribution in [3.63, 3.8) is 0 Å². The lowest BCUT2D eigenvalue weighted by Crippen LogP contribution is -2.65. The van der Waals surface area contributed by atoms with Gasteiger partial charge in [0, 0.05) is 49.4 Å². The zero-order chi connectivity index (χ0) is 72.8. The lowest BCUT2D eigenvalue weighted by atomic mass is 9.91. The van der Waals surface area contributed by atoms with E-state index in [1.165, 1.54) is 91.8 Å². The second kappa shape index (κ2) is 39.3. The van der Waals surface area contributed by atoms with Gasteiger partial charge in [-0.05, 0) is 108 Å². The molecule has 0 aliphatic carbocycles. The van der Waals surface area contributed by atoms with Gasteiger partial charge < -0.3 is 75.7 Å². The molecular formula is C69H117N11O15. The first-order valence-electron chi connectivity index (χ1n) is 33.4. The molecule has 1 heterocycles. The fourth-order valence-electron chi connectivity index (χ4n) is 11.7. The quantitative estimate of drug-likeness (QED) is 0.0924. The van der Waals surface area contributed by atoms with Crippen LogP contribution in [0, 0.1) is 35.5 Å². The zero-order valence-corrected chi connectivity index (χ0v) is 60.9. The summed E-state index contributed by atoms with van der Waals surface area (Å²) in [6, 6.07) is -6.71. The van der Waals surface area contributed by atoms with E-state index in [-0.39, 0.29) is 62.4 Å². The predicted molar refractivity (Wildman–Crippen MR) is 362 cm³/mol. The van der Waals surface area contributed by atoms with E-state index in [4.69, 9.17) is 9.47 Å². The number of ether oxygens (including phenoxy) is 2. The highest BCUT2D eigenvalue weighted by molar-refractivity contribution is 6.00. The minimum Gasteiger partial charge on any atom is -0.391 e. The number of nitrogens with zero attached hydrogens (tertiary/aromatic N) is 6. The number of rotatable bonds is 20. The van der Waals surface area contributed by atoms with Gasteiger partial charge in [-0.3, -0.25) is 52.7 Å². The van der Waals surface area contributed by atoms with Crippen molar-refractivity contribution in [3.8, 4) is 0 Å². The summed E-state index contributed by atoms with van der Waals surface area (Å²) < 4.78 is 11.9. The molecule has 1 aliphatic heterocycles. The van der Waals surface area contributed by atoms with Crippen molar-refractivity contribution < 1.29 is 72.4 Å². The SMILES string of the molecule is C/C=C/C[C@@H](C)[C@@H](O)[C@H]1C(=O)N[C@@H]([C@@H](C)O)C(=O)N(C)[C@H](COCc2ccccc2)C(=O)N(C)[C@@H](C(C)OC)C(=O)N[C@@H](CC(C)C)C(=O)N(C)[C@@H](CC(C)C)C(=O)N[C@@H](C)C(=O)N[C@H](C)C(=O)N(C)[C@@H](CC(C)C)C(=O)N[C@@H](CC(C)C)C(=O)N(C)[C@H](C(C)C)C(=O)N1C. The van der Waals surface area contributed by atoms with Crippen molar-refractivity contribution >= 4 is 65.0 Å². The third-order valence-corrected chi connectivity index (χ3v) is 17.5. The minimum atomic E-state index is -1.87. The first-order chi connectivity index (χ1) is 44.2. The Bertz CT molecular complexity index is 2750. The van der Waals surface area contributed by atoms with E-state index in [1.54, 1.807) is 70.2 Å². The van der Waals surface area contributed by atoms with Crippen LogP contribution in [0.4, 0.5) is 0 Å². The standard InChI is InChI=1S/C69H117N11O15/c1-24-25-29-43(12)58(82)57-63(87)74-54(46(15)81)68(92)77(19)53(37-95-36-48-30-27-26-28-31-48)67(91)79(21)56(47(16)94-23)62(86)73-49(32-38(2)3)65(89)76(18)51(34-40(6)7)60(84)70-44(13)59(83)71-45(14)64(88)75(17)52(35-41(8)9)61(85)72-50(33-39(4)5)66(90)78(20)55(42(10)11)69(93)80(57)22/h24-28,30-31,38-47,49-58,81-82H,29,32-37H2,1-23H3,(H,70,84)(H,71,83)(H,72,85)(H,73,86)(H,74,87)/b25-24+/t43-,44+,45-,46-,47?,49+,50+,51+,52+,53-,54+,55-,56+,57+,58-/m1/s1. The number of nitrogens with one attached hydrogen (secondary N) is 5. The van der Waals surface area contributed by atoms with Crippen LogP contribution in [0.2, 0.25) is 0 Å².